The molecule has 98 valence electrons. The van der Waals surface area contributed by atoms with Crippen molar-refractivity contribution in [2.45, 2.75) is 0 Å². The van der Waals surface area contributed by atoms with E-state index < -0.39 is 0 Å². The summed E-state index contributed by atoms with van der Waals surface area (Å²) in [5.74, 6) is 0.575. The molecule has 1 aromatic carbocycles. The molecule has 0 amide bonds. The Hall–Kier alpha value is -3.39. The fourth-order valence-corrected chi connectivity index (χ4v) is 1.44. The van der Waals surface area contributed by atoms with Crippen molar-refractivity contribution in [3.05, 3.63) is 30.9 Å². The molecular weight excluding hydrogens is 258 g/mol. The minimum atomic E-state index is -0.268. The summed E-state index contributed by atoms with van der Waals surface area (Å²) in [7, 11) is 1.53. The van der Waals surface area contributed by atoms with Gasteiger partial charge in [-0.1, -0.05) is 0 Å². The topological polar surface area (TPSA) is 112 Å². The summed E-state index contributed by atoms with van der Waals surface area (Å²) in [5, 5.41) is 24.9. The van der Waals surface area contributed by atoms with Crippen LogP contribution in [0, 0.1) is 22.7 Å². The van der Waals surface area contributed by atoms with Crippen LogP contribution < -0.4 is 10.2 Å². The molecule has 8 nitrogen and oxygen atoms in total. The number of rotatable bonds is 4. The summed E-state index contributed by atoms with van der Waals surface area (Å²) >= 11 is 0. The molecule has 1 N–H and O–H groups in total. The number of hydrazone groups is 1. The van der Waals surface area contributed by atoms with Crippen molar-refractivity contribution >= 4 is 11.4 Å². The van der Waals surface area contributed by atoms with Crippen LogP contribution in [0.2, 0.25) is 0 Å². The fraction of sp³-hybridized carbons (Fsp3) is 0.0833. The van der Waals surface area contributed by atoms with E-state index in [-0.39, 0.29) is 5.71 Å². The molecule has 0 saturated heterocycles. The average molecular weight is 267 g/mol. The summed E-state index contributed by atoms with van der Waals surface area (Å²) in [4.78, 5) is 3.86. The number of nitriles is 2. The van der Waals surface area contributed by atoms with Gasteiger partial charge in [0.15, 0.2) is 0 Å². The largest absolute Gasteiger partial charge is 0.497 e. The highest BCUT2D eigenvalue weighted by Gasteiger charge is 2.04. The van der Waals surface area contributed by atoms with Gasteiger partial charge >= 0.3 is 0 Å². The molecule has 0 aliphatic heterocycles. The molecule has 0 saturated carbocycles. The first-order chi connectivity index (χ1) is 9.76. The maximum Gasteiger partial charge on any atom is 0.237 e. The van der Waals surface area contributed by atoms with Gasteiger partial charge in [-0.2, -0.15) is 20.7 Å². The molecule has 1 heterocycles. The van der Waals surface area contributed by atoms with Crippen LogP contribution in [0.15, 0.2) is 36.0 Å². The van der Waals surface area contributed by atoms with Gasteiger partial charge in [0.25, 0.3) is 0 Å². The molecule has 0 spiro atoms. The van der Waals surface area contributed by atoms with Crippen molar-refractivity contribution in [1.29, 1.82) is 10.5 Å². The number of anilines is 1. The van der Waals surface area contributed by atoms with E-state index in [1.807, 2.05) is 0 Å². The smallest absolute Gasteiger partial charge is 0.237 e. The van der Waals surface area contributed by atoms with Gasteiger partial charge in [-0.15, -0.1) is 0 Å². The molecule has 2 rings (SSSR count). The fourth-order valence-electron chi connectivity index (χ4n) is 1.44. The van der Waals surface area contributed by atoms with Gasteiger partial charge in [-0.05, 0) is 6.07 Å². The zero-order chi connectivity index (χ0) is 14.4. The summed E-state index contributed by atoms with van der Waals surface area (Å²) in [6.07, 6.45) is 2.95. The third kappa shape index (κ3) is 2.89. The summed E-state index contributed by atoms with van der Waals surface area (Å²) in [6, 6.07) is 8.49. The average Bonchev–Trinajstić information content (AvgIpc) is 3.02. The standard InChI is InChI=1S/C12H9N7O/c1-20-12-3-9(17-18-10(5-13)6-14)2-11(4-12)19-8-15-7-16-19/h2-4,7-8,17H,1H3. The van der Waals surface area contributed by atoms with Crippen LogP contribution >= 0.6 is 0 Å². The number of methoxy groups -OCH3 is 1. The Morgan fingerprint density at radius 3 is 2.75 bits per heavy atom. The van der Waals surface area contributed by atoms with E-state index in [2.05, 4.69) is 20.6 Å². The summed E-state index contributed by atoms with van der Waals surface area (Å²) < 4.78 is 6.72. The molecule has 8 heteroatoms. The molecule has 0 radical (unpaired) electrons. The molecule has 20 heavy (non-hydrogen) atoms. The van der Waals surface area contributed by atoms with Crippen LogP contribution in [0.1, 0.15) is 0 Å². The van der Waals surface area contributed by atoms with E-state index in [1.165, 1.54) is 19.8 Å². The van der Waals surface area contributed by atoms with Gasteiger partial charge in [-0.3, -0.25) is 5.43 Å². The quantitative estimate of drug-likeness (QED) is 0.655. The second-order valence-corrected chi connectivity index (χ2v) is 3.56. The molecular formula is C12H9N7O. The van der Waals surface area contributed by atoms with E-state index >= 15 is 0 Å². The van der Waals surface area contributed by atoms with Gasteiger partial charge in [-0.25, -0.2) is 9.67 Å². The van der Waals surface area contributed by atoms with Crippen molar-refractivity contribution in [2.75, 3.05) is 12.5 Å². The molecule has 0 fully saturated rings. The first-order valence-corrected chi connectivity index (χ1v) is 5.45. The summed E-state index contributed by atoms with van der Waals surface area (Å²) in [5.41, 5.74) is 3.61. The van der Waals surface area contributed by atoms with Crippen LogP contribution in [0.4, 0.5) is 5.69 Å². The SMILES string of the molecule is COc1cc(NN=C(C#N)C#N)cc(-n2cncn2)c1. The molecule has 1 aromatic heterocycles. The van der Waals surface area contributed by atoms with Crippen LogP contribution in [-0.4, -0.2) is 27.6 Å². The third-order valence-electron chi connectivity index (χ3n) is 2.32. The lowest BCUT2D eigenvalue weighted by molar-refractivity contribution is 0.414. The highest BCUT2D eigenvalue weighted by Crippen LogP contribution is 2.22. The van der Waals surface area contributed by atoms with Gasteiger partial charge < -0.3 is 4.74 Å². The van der Waals surface area contributed by atoms with Crippen molar-refractivity contribution in [3.63, 3.8) is 0 Å². The minimum absolute atomic E-state index is 0.268. The van der Waals surface area contributed by atoms with E-state index in [0.29, 0.717) is 17.1 Å². The van der Waals surface area contributed by atoms with Crippen LogP contribution in [0.25, 0.3) is 5.69 Å². The number of benzene rings is 1. The van der Waals surface area contributed by atoms with E-state index in [9.17, 15) is 0 Å². The number of aromatic nitrogens is 3. The van der Waals surface area contributed by atoms with Crippen molar-refractivity contribution < 1.29 is 4.74 Å². The Bertz CT molecular complexity index is 690. The third-order valence-corrected chi connectivity index (χ3v) is 2.32. The Morgan fingerprint density at radius 2 is 2.15 bits per heavy atom. The van der Waals surface area contributed by atoms with E-state index in [1.54, 1.807) is 35.0 Å². The van der Waals surface area contributed by atoms with Crippen molar-refractivity contribution in [2.24, 2.45) is 5.10 Å². The van der Waals surface area contributed by atoms with E-state index in [0.717, 1.165) is 0 Å². The first-order valence-electron chi connectivity index (χ1n) is 5.45. The monoisotopic (exact) mass is 267 g/mol. The van der Waals surface area contributed by atoms with Crippen LogP contribution in [0.3, 0.4) is 0 Å². The van der Waals surface area contributed by atoms with Crippen molar-refractivity contribution in [1.82, 2.24) is 14.8 Å². The highest BCUT2D eigenvalue weighted by atomic mass is 16.5. The number of nitrogens with zero attached hydrogens (tertiary/aromatic N) is 6. The Labute approximate surface area is 114 Å². The number of nitrogens with one attached hydrogen (secondary N) is 1. The van der Waals surface area contributed by atoms with Crippen molar-refractivity contribution in [3.8, 4) is 23.6 Å². The minimum Gasteiger partial charge on any atom is -0.497 e. The molecule has 2 aromatic rings. The normalized spacial score (nSPS) is 9.15. The second-order valence-electron chi connectivity index (χ2n) is 3.56. The van der Waals surface area contributed by atoms with E-state index in [4.69, 9.17) is 15.3 Å². The lowest BCUT2D eigenvalue weighted by Gasteiger charge is -2.08. The van der Waals surface area contributed by atoms with Gasteiger partial charge in [0, 0.05) is 12.1 Å². The molecule has 0 unspecified atom stereocenters. The highest BCUT2D eigenvalue weighted by molar-refractivity contribution is 6.10. The summed E-state index contributed by atoms with van der Waals surface area (Å²) in [6.45, 7) is 0. The van der Waals surface area contributed by atoms with Gasteiger partial charge in [0.2, 0.25) is 5.71 Å². The first kappa shape index (κ1) is 13.1. The zero-order valence-electron chi connectivity index (χ0n) is 10.5. The van der Waals surface area contributed by atoms with Crippen LogP contribution in [0.5, 0.6) is 5.75 Å². The Morgan fingerprint density at radius 1 is 1.35 bits per heavy atom. The predicted molar refractivity (Wildman–Crippen MR) is 70.2 cm³/mol. The lowest BCUT2D eigenvalue weighted by Crippen LogP contribution is -2.00. The predicted octanol–water partition coefficient (Wildman–Crippen LogP) is 1.09. The molecule has 0 aliphatic carbocycles. The maximum absolute atomic E-state index is 8.62. The van der Waals surface area contributed by atoms with Crippen LogP contribution in [-0.2, 0) is 0 Å². The number of ether oxygens (including phenoxy) is 1. The zero-order valence-corrected chi connectivity index (χ0v) is 10.5. The van der Waals surface area contributed by atoms with Gasteiger partial charge in [0.1, 0.15) is 30.5 Å². The number of hydrogen-bond donors (Lipinski definition) is 1. The lowest BCUT2D eigenvalue weighted by atomic mass is 10.2. The molecule has 0 atom stereocenters. The van der Waals surface area contributed by atoms with Gasteiger partial charge in [0.05, 0.1) is 18.5 Å². The Kier molecular flexibility index (Phi) is 3.90. The second kappa shape index (κ2) is 5.98. The number of hydrogen-bond acceptors (Lipinski definition) is 7. The maximum atomic E-state index is 8.62. The molecule has 0 bridgehead atoms. The Balaban J connectivity index is 2.35. The molecule has 0 aliphatic rings.